The van der Waals surface area contributed by atoms with E-state index in [1.807, 2.05) is 26.0 Å². The van der Waals surface area contributed by atoms with Crippen LogP contribution in [0, 0.1) is 0 Å². The van der Waals surface area contributed by atoms with E-state index in [1.54, 1.807) is 13.3 Å². The summed E-state index contributed by atoms with van der Waals surface area (Å²) in [5, 5.41) is 3.46. The minimum absolute atomic E-state index is 0.314. The van der Waals surface area contributed by atoms with Crippen LogP contribution in [-0.4, -0.2) is 17.9 Å². The summed E-state index contributed by atoms with van der Waals surface area (Å²) in [7, 11) is 1.59. The molecule has 0 unspecified atom stereocenters. The predicted molar refractivity (Wildman–Crippen MR) is 63.0 cm³/mol. The smallest absolute Gasteiger partial charge is 0.162 e. The fourth-order valence-electron chi connectivity index (χ4n) is 1.05. The molecule has 0 aromatic carbocycles. The fourth-order valence-corrected chi connectivity index (χ4v) is 1.05. The quantitative estimate of drug-likeness (QED) is 0.329. The summed E-state index contributed by atoms with van der Waals surface area (Å²) in [5.41, 5.74) is 9.87. The highest BCUT2D eigenvalue weighted by molar-refractivity contribution is 5.13. The molecule has 0 fully saturated rings. The second-order valence-corrected chi connectivity index (χ2v) is 3.94. The molecule has 0 spiro atoms. The first kappa shape index (κ1) is 13.4. The van der Waals surface area contributed by atoms with E-state index < -0.39 is 5.79 Å². The molecular formula is C11H16N4O2. The van der Waals surface area contributed by atoms with Crippen molar-refractivity contribution in [3.8, 4) is 0 Å². The molecule has 1 aromatic rings. The van der Waals surface area contributed by atoms with Crippen molar-refractivity contribution in [2.24, 2.45) is 5.11 Å². The van der Waals surface area contributed by atoms with Crippen molar-refractivity contribution in [2.45, 2.75) is 32.8 Å². The summed E-state index contributed by atoms with van der Waals surface area (Å²) >= 11 is 0. The Kier molecular flexibility index (Phi) is 4.90. The second-order valence-electron chi connectivity index (χ2n) is 3.94. The third kappa shape index (κ3) is 4.82. The third-order valence-electron chi connectivity index (χ3n) is 2.26. The van der Waals surface area contributed by atoms with Gasteiger partial charge in [0.25, 0.3) is 0 Å². The van der Waals surface area contributed by atoms with E-state index >= 15 is 0 Å². The first-order valence-corrected chi connectivity index (χ1v) is 5.21. The van der Waals surface area contributed by atoms with Crippen molar-refractivity contribution in [1.29, 1.82) is 0 Å². The van der Waals surface area contributed by atoms with Gasteiger partial charge in [0.2, 0.25) is 0 Å². The predicted octanol–water partition coefficient (Wildman–Crippen LogP) is 2.79. The van der Waals surface area contributed by atoms with Gasteiger partial charge in [-0.3, -0.25) is 4.98 Å². The fraction of sp³-hybridized carbons (Fsp3) is 0.545. The molecule has 1 rings (SSSR count). The number of methoxy groups -OCH3 is 1. The third-order valence-corrected chi connectivity index (χ3v) is 2.26. The van der Waals surface area contributed by atoms with Gasteiger partial charge < -0.3 is 9.47 Å². The van der Waals surface area contributed by atoms with E-state index in [0.717, 1.165) is 11.3 Å². The monoisotopic (exact) mass is 236 g/mol. The number of azide groups is 1. The lowest BCUT2D eigenvalue weighted by Gasteiger charge is -2.23. The molecule has 1 aromatic heterocycles. The number of rotatable bonds is 6. The Balaban J connectivity index is 2.53. The molecule has 0 radical (unpaired) electrons. The van der Waals surface area contributed by atoms with Crippen LogP contribution in [0.5, 0.6) is 0 Å². The Bertz CT molecular complexity index is 396. The van der Waals surface area contributed by atoms with E-state index in [9.17, 15) is 0 Å². The van der Waals surface area contributed by atoms with E-state index in [-0.39, 0.29) is 0 Å². The molecule has 0 atom stereocenters. The zero-order chi connectivity index (χ0) is 12.7. The van der Waals surface area contributed by atoms with Crippen molar-refractivity contribution in [1.82, 2.24) is 4.98 Å². The van der Waals surface area contributed by atoms with Crippen molar-refractivity contribution >= 4 is 0 Å². The van der Waals surface area contributed by atoms with E-state index in [4.69, 9.17) is 15.0 Å². The number of nitrogens with zero attached hydrogens (tertiary/aromatic N) is 4. The highest BCUT2D eigenvalue weighted by Gasteiger charge is 2.16. The van der Waals surface area contributed by atoms with Crippen molar-refractivity contribution in [3.63, 3.8) is 0 Å². The maximum Gasteiger partial charge on any atom is 0.162 e. The average Bonchev–Trinajstić information content (AvgIpc) is 2.35. The summed E-state index contributed by atoms with van der Waals surface area (Å²) in [5.74, 6) is -0.620. The van der Waals surface area contributed by atoms with Crippen LogP contribution in [0.4, 0.5) is 0 Å². The Morgan fingerprint density at radius 1 is 1.47 bits per heavy atom. The maximum atomic E-state index is 8.19. The largest absolute Gasteiger partial charge is 0.354 e. The normalized spacial score (nSPS) is 11.0. The lowest BCUT2D eigenvalue weighted by Crippen LogP contribution is -2.26. The molecule has 0 aliphatic heterocycles. The highest BCUT2D eigenvalue weighted by atomic mass is 16.7. The molecule has 17 heavy (non-hydrogen) atoms. The van der Waals surface area contributed by atoms with Gasteiger partial charge in [-0.1, -0.05) is 11.2 Å². The molecule has 6 heteroatoms. The first-order valence-electron chi connectivity index (χ1n) is 5.21. The Morgan fingerprint density at radius 2 is 2.24 bits per heavy atom. The van der Waals surface area contributed by atoms with Gasteiger partial charge in [0.1, 0.15) is 0 Å². The zero-order valence-electron chi connectivity index (χ0n) is 10.3. The van der Waals surface area contributed by atoms with Gasteiger partial charge in [-0.15, -0.1) is 0 Å². The lowest BCUT2D eigenvalue weighted by atomic mass is 10.2. The van der Waals surface area contributed by atoms with Crippen LogP contribution in [0.2, 0.25) is 0 Å². The van der Waals surface area contributed by atoms with E-state index in [2.05, 4.69) is 15.0 Å². The number of pyridine rings is 1. The van der Waals surface area contributed by atoms with Gasteiger partial charge >= 0.3 is 0 Å². The minimum atomic E-state index is -0.620. The molecule has 0 amide bonds. The SMILES string of the molecule is COC(C)(C)OCc1ccc(CN=[N+]=[N-])cn1. The Labute approximate surface area is 100 Å². The van der Waals surface area contributed by atoms with Gasteiger partial charge in [-0.2, -0.15) is 0 Å². The molecular weight excluding hydrogens is 220 g/mol. The Morgan fingerprint density at radius 3 is 2.76 bits per heavy atom. The standard InChI is InChI=1S/C11H16N4O2/c1-11(2,16-3)17-8-10-5-4-9(6-13-10)7-14-15-12/h4-6H,7-8H2,1-3H3. The molecule has 6 nitrogen and oxygen atoms in total. The van der Waals surface area contributed by atoms with Crippen molar-refractivity contribution in [2.75, 3.05) is 7.11 Å². The van der Waals surface area contributed by atoms with Crippen LogP contribution >= 0.6 is 0 Å². The molecule has 92 valence electrons. The molecule has 1 heterocycles. The number of hydrogen-bond donors (Lipinski definition) is 0. The van der Waals surface area contributed by atoms with Gasteiger partial charge in [0.05, 0.1) is 18.8 Å². The molecule has 0 saturated carbocycles. The maximum absolute atomic E-state index is 8.19. The van der Waals surface area contributed by atoms with Gasteiger partial charge in [0, 0.05) is 18.2 Å². The minimum Gasteiger partial charge on any atom is -0.354 e. The van der Waals surface area contributed by atoms with E-state index in [1.165, 1.54) is 0 Å². The van der Waals surface area contributed by atoms with Gasteiger partial charge in [-0.05, 0) is 31.0 Å². The number of aromatic nitrogens is 1. The molecule has 0 N–H and O–H groups in total. The Hall–Kier alpha value is -1.62. The van der Waals surface area contributed by atoms with Gasteiger partial charge in [0.15, 0.2) is 5.79 Å². The van der Waals surface area contributed by atoms with Crippen molar-refractivity contribution < 1.29 is 9.47 Å². The van der Waals surface area contributed by atoms with Crippen LogP contribution in [0.1, 0.15) is 25.1 Å². The summed E-state index contributed by atoms with van der Waals surface area (Å²) in [6.07, 6.45) is 1.67. The van der Waals surface area contributed by atoms with Crippen LogP contribution in [-0.2, 0) is 22.6 Å². The van der Waals surface area contributed by atoms with Crippen LogP contribution in [0.25, 0.3) is 10.4 Å². The summed E-state index contributed by atoms with van der Waals surface area (Å²) in [4.78, 5) is 6.89. The lowest BCUT2D eigenvalue weighted by molar-refractivity contribution is -0.204. The zero-order valence-corrected chi connectivity index (χ0v) is 10.3. The molecule has 0 aliphatic rings. The molecule has 0 saturated heterocycles. The van der Waals surface area contributed by atoms with Crippen LogP contribution < -0.4 is 0 Å². The van der Waals surface area contributed by atoms with Crippen molar-refractivity contribution in [3.05, 3.63) is 40.0 Å². The van der Waals surface area contributed by atoms with E-state index in [0.29, 0.717) is 13.2 Å². The number of ether oxygens (including phenoxy) is 2. The molecule has 0 bridgehead atoms. The summed E-state index contributed by atoms with van der Waals surface area (Å²) < 4.78 is 10.7. The van der Waals surface area contributed by atoms with Crippen LogP contribution in [0.15, 0.2) is 23.4 Å². The molecule has 0 aliphatic carbocycles. The summed E-state index contributed by atoms with van der Waals surface area (Å²) in [6.45, 7) is 4.36. The van der Waals surface area contributed by atoms with Crippen LogP contribution in [0.3, 0.4) is 0 Å². The van der Waals surface area contributed by atoms with Gasteiger partial charge in [-0.25, -0.2) is 0 Å². The topological polar surface area (TPSA) is 80.1 Å². The summed E-state index contributed by atoms with van der Waals surface area (Å²) in [6, 6.07) is 3.70. The highest BCUT2D eigenvalue weighted by Crippen LogP contribution is 2.12. The first-order chi connectivity index (χ1) is 8.07. The number of hydrogen-bond acceptors (Lipinski definition) is 4. The second kappa shape index (κ2) is 6.20. The average molecular weight is 236 g/mol.